The lowest BCUT2D eigenvalue weighted by Crippen LogP contribution is -2.38. The molecule has 218 valence electrons. The molecule has 2 aliphatic rings. The number of amides is 1. The van der Waals surface area contributed by atoms with Gasteiger partial charge < -0.3 is 19.5 Å². The average molecular weight is 574 g/mol. The van der Waals surface area contributed by atoms with Crippen LogP contribution in [0.1, 0.15) is 63.0 Å². The molecule has 0 saturated carbocycles. The number of likely N-dealkylation sites (tertiary alicyclic amines) is 1. The van der Waals surface area contributed by atoms with Crippen LogP contribution in [0.15, 0.2) is 73.1 Å². The van der Waals surface area contributed by atoms with E-state index in [0.717, 1.165) is 60.1 Å². The first-order valence-corrected chi connectivity index (χ1v) is 14.9. The van der Waals surface area contributed by atoms with E-state index in [4.69, 9.17) is 9.47 Å². The van der Waals surface area contributed by atoms with Crippen LogP contribution in [0.5, 0.6) is 11.5 Å². The molecule has 0 spiro atoms. The van der Waals surface area contributed by atoms with Gasteiger partial charge in [-0.2, -0.15) is 5.26 Å². The summed E-state index contributed by atoms with van der Waals surface area (Å²) < 4.78 is 12.9. The summed E-state index contributed by atoms with van der Waals surface area (Å²) in [5, 5.41) is 19.3. The van der Waals surface area contributed by atoms with Gasteiger partial charge in [-0.3, -0.25) is 9.78 Å². The van der Waals surface area contributed by atoms with Crippen molar-refractivity contribution >= 4 is 5.91 Å². The predicted octanol–water partition coefficient (Wildman–Crippen LogP) is 6.17. The molecule has 0 unspecified atom stereocenters. The van der Waals surface area contributed by atoms with Crippen LogP contribution in [0.4, 0.5) is 0 Å². The van der Waals surface area contributed by atoms with E-state index in [-0.39, 0.29) is 25.2 Å². The monoisotopic (exact) mass is 573 g/mol. The number of carbonyl (C=O) groups excluding carboxylic acids is 1. The molecular weight excluding hydrogens is 538 g/mol. The van der Waals surface area contributed by atoms with Gasteiger partial charge in [0.2, 0.25) is 0 Å². The summed E-state index contributed by atoms with van der Waals surface area (Å²) in [6.07, 6.45) is 7.34. The van der Waals surface area contributed by atoms with Crippen molar-refractivity contribution in [3.63, 3.8) is 0 Å². The summed E-state index contributed by atoms with van der Waals surface area (Å²) in [6, 6.07) is 22.1. The zero-order valence-corrected chi connectivity index (χ0v) is 24.4. The molecule has 6 rings (SSSR count). The largest absolute Gasteiger partial charge is 0.488 e. The second-order valence-electron chi connectivity index (χ2n) is 11.3. The third-order valence-electron chi connectivity index (χ3n) is 8.62. The number of aliphatic hydroxyl groups excluding tert-OH is 1. The first kappa shape index (κ1) is 28.4. The van der Waals surface area contributed by atoms with E-state index >= 15 is 0 Å². The fraction of sp³-hybridized carbons (Fsp3) is 0.306. The van der Waals surface area contributed by atoms with E-state index in [9.17, 15) is 15.2 Å². The van der Waals surface area contributed by atoms with Crippen molar-refractivity contribution in [2.24, 2.45) is 0 Å². The quantitative estimate of drug-likeness (QED) is 0.257. The van der Waals surface area contributed by atoms with Gasteiger partial charge in [0.1, 0.15) is 30.8 Å². The number of carbonyl (C=O) groups is 1. The minimum absolute atomic E-state index is 0.0562. The van der Waals surface area contributed by atoms with Gasteiger partial charge in [-0.1, -0.05) is 48.5 Å². The summed E-state index contributed by atoms with van der Waals surface area (Å²) in [4.78, 5) is 20.0. The van der Waals surface area contributed by atoms with Crippen LogP contribution in [0.25, 0.3) is 11.1 Å². The van der Waals surface area contributed by atoms with Crippen LogP contribution < -0.4 is 9.47 Å². The summed E-state index contributed by atoms with van der Waals surface area (Å²) >= 11 is 0. The maximum absolute atomic E-state index is 14.1. The Morgan fingerprint density at radius 1 is 1.00 bits per heavy atom. The molecule has 43 heavy (non-hydrogen) atoms. The molecule has 1 fully saturated rings. The lowest BCUT2D eigenvalue weighted by atomic mass is 9.96. The molecule has 2 heterocycles. The fourth-order valence-corrected chi connectivity index (χ4v) is 6.35. The van der Waals surface area contributed by atoms with E-state index < -0.39 is 0 Å². The number of aliphatic hydroxyl groups is 1. The van der Waals surface area contributed by atoms with Crippen molar-refractivity contribution in [3.05, 3.63) is 112 Å². The Kier molecular flexibility index (Phi) is 8.39. The molecule has 1 aliphatic carbocycles. The second-order valence-corrected chi connectivity index (χ2v) is 11.3. The Balaban J connectivity index is 1.35. The molecule has 1 N–H and O–H groups in total. The number of benzene rings is 3. The van der Waals surface area contributed by atoms with E-state index in [2.05, 4.69) is 48.3 Å². The second kappa shape index (κ2) is 12.7. The van der Waals surface area contributed by atoms with E-state index in [1.54, 1.807) is 17.2 Å². The van der Waals surface area contributed by atoms with Crippen molar-refractivity contribution in [3.8, 4) is 28.7 Å². The van der Waals surface area contributed by atoms with E-state index in [0.29, 0.717) is 30.0 Å². The Bertz CT molecular complexity index is 1680. The van der Waals surface area contributed by atoms with Gasteiger partial charge in [0.25, 0.3) is 5.91 Å². The molecule has 0 bridgehead atoms. The number of aromatic nitrogens is 1. The highest BCUT2D eigenvalue weighted by molar-refractivity contribution is 6.00. The van der Waals surface area contributed by atoms with Gasteiger partial charge in [0.05, 0.1) is 23.8 Å². The van der Waals surface area contributed by atoms with E-state index in [1.165, 1.54) is 22.9 Å². The standard InChI is InChI=1S/C36H35N3O4/c1-24-28(10-5-12-30(24)27-8-3-2-4-9-27)23-43-33-17-34(42-22-26-16-25(18-37)19-38-20-26)35(32-14-6-13-31(32)33)36(41)39-15-7-11-29(39)21-40/h2-5,8-10,12,16-17,19-20,29,40H,6-7,11,13-15,21-23H2,1H3/t29-/m0/s1. The maximum atomic E-state index is 14.1. The fourth-order valence-electron chi connectivity index (χ4n) is 6.35. The minimum Gasteiger partial charge on any atom is -0.488 e. The van der Waals surface area contributed by atoms with Crippen LogP contribution in [0.2, 0.25) is 0 Å². The molecule has 7 nitrogen and oxygen atoms in total. The number of ether oxygens (including phenoxy) is 2. The van der Waals surface area contributed by atoms with Crippen LogP contribution in [0, 0.1) is 18.3 Å². The summed E-state index contributed by atoms with van der Waals surface area (Å²) in [6.45, 7) is 3.22. The Morgan fingerprint density at radius 3 is 2.63 bits per heavy atom. The number of pyridine rings is 1. The van der Waals surface area contributed by atoms with Gasteiger partial charge in [0, 0.05) is 30.6 Å². The molecule has 0 radical (unpaired) electrons. The molecule has 1 aromatic heterocycles. The summed E-state index contributed by atoms with van der Waals surface area (Å²) in [5.41, 5.74) is 8.38. The number of fused-ring (bicyclic) bond motifs is 1. The van der Waals surface area contributed by atoms with E-state index in [1.807, 2.05) is 24.3 Å². The van der Waals surface area contributed by atoms with Crippen molar-refractivity contribution in [2.75, 3.05) is 13.2 Å². The predicted molar refractivity (Wildman–Crippen MR) is 164 cm³/mol. The van der Waals surface area contributed by atoms with Crippen LogP contribution in [-0.2, 0) is 26.1 Å². The summed E-state index contributed by atoms with van der Waals surface area (Å²) in [7, 11) is 0. The number of rotatable bonds is 9. The summed E-state index contributed by atoms with van der Waals surface area (Å²) in [5.74, 6) is 1.08. The van der Waals surface area contributed by atoms with Gasteiger partial charge in [0.15, 0.2) is 0 Å². The number of nitriles is 1. The normalized spacial score (nSPS) is 15.7. The Morgan fingerprint density at radius 2 is 1.81 bits per heavy atom. The zero-order valence-electron chi connectivity index (χ0n) is 24.4. The van der Waals surface area contributed by atoms with Crippen molar-refractivity contribution in [1.82, 2.24) is 9.88 Å². The van der Waals surface area contributed by atoms with Crippen LogP contribution >= 0.6 is 0 Å². The van der Waals surface area contributed by atoms with Crippen molar-refractivity contribution in [2.45, 2.75) is 58.3 Å². The smallest absolute Gasteiger partial charge is 0.258 e. The molecule has 3 aromatic carbocycles. The Labute approximate surface area is 252 Å². The lowest BCUT2D eigenvalue weighted by Gasteiger charge is -2.26. The third-order valence-corrected chi connectivity index (χ3v) is 8.62. The number of hydrogen-bond donors (Lipinski definition) is 1. The highest BCUT2D eigenvalue weighted by atomic mass is 16.5. The highest BCUT2D eigenvalue weighted by Gasteiger charge is 2.35. The van der Waals surface area contributed by atoms with Crippen molar-refractivity contribution in [1.29, 1.82) is 5.26 Å². The van der Waals surface area contributed by atoms with Gasteiger partial charge in [-0.15, -0.1) is 0 Å². The first-order chi connectivity index (χ1) is 21.1. The molecular formula is C36H35N3O4. The lowest BCUT2D eigenvalue weighted by molar-refractivity contribution is 0.0671. The molecule has 7 heteroatoms. The number of hydrogen-bond acceptors (Lipinski definition) is 6. The maximum Gasteiger partial charge on any atom is 0.258 e. The minimum atomic E-state index is -0.190. The topological polar surface area (TPSA) is 95.7 Å². The zero-order chi connectivity index (χ0) is 29.8. The SMILES string of the molecule is Cc1c(COc2cc(OCc3cncc(C#N)c3)c(C(=O)N3CCC[C@H]3CO)c3c2CCC3)cccc1-c1ccccc1. The van der Waals surface area contributed by atoms with Crippen molar-refractivity contribution < 1.29 is 19.4 Å². The number of nitrogens with zero attached hydrogens (tertiary/aromatic N) is 3. The van der Waals surface area contributed by atoms with Gasteiger partial charge in [-0.25, -0.2) is 0 Å². The molecule has 1 aliphatic heterocycles. The van der Waals surface area contributed by atoms with Gasteiger partial charge in [-0.05, 0) is 78.5 Å². The molecule has 4 aromatic rings. The highest BCUT2D eigenvalue weighted by Crippen LogP contribution is 2.41. The Hall–Kier alpha value is -4.67. The molecule has 1 amide bonds. The van der Waals surface area contributed by atoms with Crippen LogP contribution in [-0.4, -0.2) is 40.1 Å². The molecule has 1 atom stereocenters. The first-order valence-electron chi connectivity index (χ1n) is 14.9. The van der Waals surface area contributed by atoms with Gasteiger partial charge >= 0.3 is 0 Å². The average Bonchev–Trinajstić information content (AvgIpc) is 3.74. The van der Waals surface area contributed by atoms with Crippen LogP contribution in [0.3, 0.4) is 0 Å². The molecule has 1 saturated heterocycles. The third kappa shape index (κ3) is 5.84.